The lowest BCUT2D eigenvalue weighted by Gasteiger charge is -2.22. The molecule has 2 amide bonds. The Morgan fingerprint density at radius 1 is 1.50 bits per heavy atom. The molecule has 2 heterocycles. The summed E-state index contributed by atoms with van der Waals surface area (Å²) in [6, 6.07) is 4.44. The van der Waals surface area contributed by atoms with Crippen LogP contribution in [0.25, 0.3) is 0 Å². The van der Waals surface area contributed by atoms with Gasteiger partial charge in [-0.15, -0.1) is 0 Å². The molecule has 0 spiro atoms. The number of carbonyl (C=O) groups excluding carboxylic acids is 2. The van der Waals surface area contributed by atoms with Gasteiger partial charge in [0.25, 0.3) is 0 Å². The highest BCUT2D eigenvalue weighted by molar-refractivity contribution is 5.92. The van der Waals surface area contributed by atoms with Crippen molar-refractivity contribution in [2.45, 2.75) is 18.9 Å². The first-order valence-corrected chi connectivity index (χ1v) is 5.79. The zero-order valence-corrected chi connectivity index (χ0v) is 10.1. The number of methoxy groups -OCH3 is 1. The molecule has 1 unspecified atom stereocenters. The normalized spacial score (nSPS) is 18.5. The Morgan fingerprint density at radius 3 is 3.00 bits per heavy atom. The van der Waals surface area contributed by atoms with Crippen LogP contribution in [0.4, 0.5) is 10.6 Å². The second kappa shape index (κ2) is 5.48. The molecule has 1 aromatic rings. The van der Waals surface area contributed by atoms with Crippen LogP contribution in [0.3, 0.4) is 0 Å². The molecular formula is C12H15N3O3. The van der Waals surface area contributed by atoms with E-state index < -0.39 is 6.04 Å². The summed E-state index contributed by atoms with van der Waals surface area (Å²) in [5, 5.41) is 2.66. The molecule has 0 bridgehead atoms. The largest absolute Gasteiger partial charge is 0.467 e. The van der Waals surface area contributed by atoms with Crippen LogP contribution in [0, 0.1) is 0 Å². The lowest BCUT2D eigenvalue weighted by atomic mass is 10.2. The minimum Gasteiger partial charge on any atom is -0.467 e. The van der Waals surface area contributed by atoms with E-state index >= 15 is 0 Å². The molecule has 6 nitrogen and oxygen atoms in total. The first-order valence-electron chi connectivity index (χ1n) is 5.79. The van der Waals surface area contributed by atoms with Crippen molar-refractivity contribution < 1.29 is 14.3 Å². The number of carbonyl (C=O) groups is 2. The summed E-state index contributed by atoms with van der Waals surface area (Å²) in [7, 11) is 1.33. The van der Waals surface area contributed by atoms with Gasteiger partial charge < -0.3 is 9.64 Å². The van der Waals surface area contributed by atoms with Crippen LogP contribution in [-0.2, 0) is 9.53 Å². The predicted octanol–water partition coefficient (Wildman–Crippen LogP) is 1.25. The van der Waals surface area contributed by atoms with Crippen molar-refractivity contribution in [2.24, 2.45) is 0 Å². The van der Waals surface area contributed by atoms with Crippen molar-refractivity contribution in [2.75, 3.05) is 19.0 Å². The Hall–Kier alpha value is -2.11. The number of likely N-dealkylation sites (tertiary alicyclic amines) is 1. The Labute approximate surface area is 105 Å². The molecule has 1 fully saturated rings. The van der Waals surface area contributed by atoms with Gasteiger partial charge in [-0.05, 0) is 25.0 Å². The number of amides is 2. The lowest BCUT2D eigenvalue weighted by molar-refractivity contribution is -0.144. The summed E-state index contributed by atoms with van der Waals surface area (Å²) < 4.78 is 4.69. The third-order valence-corrected chi connectivity index (χ3v) is 2.89. The van der Waals surface area contributed by atoms with Crippen molar-refractivity contribution in [3.63, 3.8) is 0 Å². The molecule has 0 aliphatic carbocycles. The number of rotatable bonds is 2. The summed E-state index contributed by atoms with van der Waals surface area (Å²) in [6.07, 6.45) is 3.04. The number of esters is 1. The number of anilines is 1. The van der Waals surface area contributed by atoms with Crippen LogP contribution in [-0.4, -0.2) is 41.6 Å². The summed E-state index contributed by atoms with van der Waals surface area (Å²) in [4.78, 5) is 29.0. The summed E-state index contributed by atoms with van der Waals surface area (Å²) in [5.41, 5.74) is 0. The minimum absolute atomic E-state index is 0.318. The van der Waals surface area contributed by atoms with Crippen molar-refractivity contribution >= 4 is 17.8 Å². The van der Waals surface area contributed by atoms with Gasteiger partial charge in [0.15, 0.2) is 0 Å². The molecule has 1 saturated heterocycles. The maximum Gasteiger partial charge on any atom is 0.328 e. The minimum atomic E-state index is -0.487. The fraction of sp³-hybridized carbons (Fsp3) is 0.417. The van der Waals surface area contributed by atoms with Gasteiger partial charge in [-0.25, -0.2) is 14.6 Å². The van der Waals surface area contributed by atoms with E-state index in [1.807, 2.05) is 0 Å². The topological polar surface area (TPSA) is 71.5 Å². The molecule has 96 valence electrons. The van der Waals surface area contributed by atoms with Gasteiger partial charge in [-0.1, -0.05) is 6.07 Å². The maximum atomic E-state index is 12.0. The van der Waals surface area contributed by atoms with Gasteiger partial charge in [0, 0.05) is 12.7 Å². The second-order valence-corrected chi connectivity index (χ2v) is 4.02. The Morgan fingerprint density at radius 2 is 2.33 bits per heavy atom. The van der Waals surface area contributed by atoms with Gasteiger partial charge in [0.2, 0.25) is 0 Å². The number of nitrogens with one attached hydrogen (secondary N) is 1. The van der Waals surface area contributed by atoms with Crippen LogP contribution in [0.15, 0.2) is 24.4 Å². The van der Waals surface area contributed by atoms with E-state index in [-0.39, 0.29) is 12.0 Å². The smallest absolute Gasteiger partial charge is 0.328 e. The molecular weight excluding hydrogens is 234 g/mol. The summed E-state index contributed by atoms with van der Waals surface area (Å²) in [6.45, 7) is 0.554. The fourth-order valence-corrected chi connectivity index (χ4v) is 2.01. The molecule has 1 atom stereocenters. The molecule has 1 aliphatic heterocycles. The zero-order valence-electron chi connectivity index (χ0n) is 10.1. The predicted molar refractivity (Wildman–Crippen MR) is 65.0 cm³/mol. The lowest BCUT2D eigenvalue weighted by Crippen LogP contribution is -2.43. The number of aromatic nitrogens is 1. The standard InChI is InChI=1S/C12H15N3O3/c1-18-11(16)9-5-4-8-15(9)12(17)14-10-6-2-3-7-13-10/h2-3,6-7,9H,4-5,8H2,1H3,(H,13,14,17). The molecule has 0 radical (unpaired) electrons. The summed E-state index contributed by atoms with van der Waals surface area (Å²) >= 11 is 0. The van der Waals surface area contributed by atoms with E-state index in [4.69, 9.17) is 0 Å². The van der Waals surface area contributed by atoms with Crippen LogP contribution in [0.2, 0.25) is 0 Å². The van der Waals surface area contributed by atoms with Crippen molar-refractivity contribution in [1.82, 2.24) is 9.88 Å². The van der Waals surface area contributed by atoms with Crippen molar-refractivity contribution in [3.8, 4) is 0 Å². The third-order valence-electron chi connectivity index (χ3n) is 2.89. The molecule has 0 saturated carbocycles. The van der Waals surface area contributed by atoms with Gasteiger partial charge in [0.1, 0.15) is 11.9 Å². The van der Waals surface area contributed by atoms with Crippen LogP contribution in [0.1, 0.15) is 12.8 Å². The second-order valence-electron chi connectivity index (χ2n) is 4.02. The van der Waals surface area contributed by atoms with Crippen molar-refractivity contribution in [1.29, 1.82) is 0 Å². The van der Waals surface area contributed by atoms with Crippen molar-refractivity contribution in [3.05, 3.63) is 24.4 Å². The van der Waals surface area contributed by atoms with Gasteiger partial charge in [0.05, 0.1) is 7.11 Å². The first kappa shape index (κ1) is 12.3. The van der Waals surface area contributed by atoms with E-state index in [0.29, 0.717) is 18.8 Å². The van der Waals surface area contributed by atoms with E-state index in [0.717, 1.165) is 6.42 Å². The zero-order chi connectivity index (χ0) is 13.0. The highest BCUT2D eigenvalue weighted by atomic mass is 16.5. The first-order chi connectivity index (χ1) is 8.72. The number of hydrogen-bond acceptors (Lipinski definition) is 4. The maximum absolute atomic E-state index is 12.0. The average Bonchev–Trinajstić information content (AvgIpc) is 2.88. The van der Waals surface area contributed by atoms with Crippen LogP contribution < -0.4 is 5.32 Å². The summed E-state index contributed by atoms with van der Waals surface area (Å²) in [5.74, 6) is 0.0988. The molecule has 2 rings (SSSR count). The highest BCUT2D eigenvalue weighted by Crippen LogP contribution is 2.19. The molecule has 0 aromatic carbocycles. The SMILES string of the molecule is COC(=O)C1CCCN1C(=O)Nc1ccccn1. The van der Waals surface area contributed by atoms with E-state index in [2.05, 4.69) is 15.0 Å². The number of pyridine rings is 1. The molecule has 18 heavy (non-hydrogen) atoms. The van der Waals surface area contributed by atoms with E-state index in [1.165, 1.54) is 12.0 Å². The van der Waals surface area contributed by atoms with E-state index in [9.17, 15) is 9.59 Å². The Bertz CT molecular complexity index is 435. The van der Waals surface area contributed by atoms with Gasteiger partial charge in [-0.3, -0.25) is 5.32 Å². The monoisotopic (exact) mass is 249 g/mol. The van der Waals surface area contributed by atoms with Gasteiger partial charge >= 0.3 is 12.0 Å². The van der Waals surface area contributed by atoms with E-state index in [1.54, 1.807) is 24.4 Å². The van der Waals surface area contributed by atoms with Gasteiger partial charge in [-0.2, -0.15) is 0 Å². The van der Waals surface area contributed by atoms with Crippen LogP contribution in [0.5, 0.6) is 0 Å². The highest BCUT2D eigenvalue weighted by Gasteiger charge is 2.34. The Kier molecular flexibility index (Phi) is 3.76. The fourth-order valence-electron chi connectivity index (χ4n) is 2.01. The Balaban J connectivity index is 2.02. The number of urea groups is 1. The molecule has 1 N–H and O–H groups in total. The molecule has 1 aliphatic rings. The quantitative estimate of drug-likeness (QED) is 0.801. The number of nitrogens with zero attached hydrogens (tertiary/aromatic N) is 2. The third kappa shape index (κ3) is 2.58. The molecule has 1 aromatic heterocycles. The average molecular weight is 249 g/mol. The molecule has 6 heteroatoms. The number of ether oxygens (including phenoxy) is 1. The number of hydrogen-bond donors (Lipinski definition) is 1. The van der Waals surface area contributed by atoms with Crippen LogP contribution >= 0.6 is 0 Å².